The summed E-state index contributed by atoms with van der Waals surface area (Å²) in [6.07, 6.45) is -0.863. The predicted octanol–water partition coefficient (Wildman–Crippen LogP) is 0.536. The van der Waals surface area contributed by atoms with Crippen molar-refractivity contribution >= 4 is 5.97 Å². The van der Waals surface area contributed by atoms with Crippen molar-refractivity contribution in [2.24, 2.45) is 5.73 Å². The number of carboxylic acid groups (broad SMARTS) is 1. The molecule has 3 nitrogen and oxygen atoms in total. The number of nitrogens with two attached hydrogens (primary N) is 1. The molecular formula is C6H12FNO2. The summed E-state index contributed by atoms with van der Waals surface area (Å²) in [7, 11) is 0. The largest absolute Gasteiger partial charge is 0.480 e. The number of carbonyl (C=O) groups is 1. The maximum Gasteiger partial charge on any atom is 0.320 e. The van der Waals surface area contributed by atoms with Gasteiger partial charge in [0, 0.05) is 6.42 Å². The summed E-state index contributed by atoms with van der Waals surface area (Å²) in [5.41, 5.74) is 5.05. The lowest BCUT2D eigenvalue weighted by Crippen LogP contribution is -2.32. The van der Waals surface area contributed by atoms with Crippen LogP contribution in [0.3, 0.4) is 0 Å². The van der Waals surface area contributed by atoms with E-state index in [9.17, 15) is 9.18 Å². The molecule has 0 rings (SSSR count). The lowest BCUT2D eigenvalue weighted by Gasteiger charge is -2.07. The fourth-order valence-electron chi connectivity index (χ4n) is 0.543. The molecule has 0 amide bonds. The van der Waals surface area contributed by atoms with Gasteiger partial charge in [-0.25, -0.2) is 4.39 Å². The van der Waals surface area contributed by atoms with E-state index >= 15 is 0 Å². The number of hydrogen-bond acceptors (Lipinski definition) is 2. The van der Waals surface area contributed by atoms with Crippen molar-refractivity contribution in [1.82, 2.24) is 0 Å². The van der Waals surface area contributed by atoms with Crippen LogP contribution in [0.5, 0.6) is 0 Å². The minimum atomic E-state index is -1.14. The van der Waals surface area contributed by atoms with Gasteiger partial charge in [-0.1, -0.05) is 6.92 Å². The van der Waals surface area contributed by atoms with Crippen molar-refractivity contribution < 1.29 is 14.3 Å². The van der Waals surface area contributed by atoms with E-state index in [-0.39, 0.29) is 6.42 Å². The van der Waals surface area contributed by atoms with Crippen LogP contribution in [-0.4, -0.2) is 23.3 Å². The highest BCUT2D eigenvalue weighted by Crippen LogP contribution is 2.04. The first kappa shape index (κ1) is 9.36. The van der Waals surface area contributed by atoms with Crippen LogP contribution in [0.25, 0.3) is 0 Å². The maximum absolute atomic E-state index is 12.4. The Labute approximate surface area is 59.0 Å². The van der Waals surface area contributed by atoms with Gasteiger partial charge < -0.3 is 10.8 Å². The van der Waals surface area contributed by atoms with E-state index in [1.54, 1.807) is 6.92 Å². The molecule has 0 aliphatic rings. The summed E-state index contributed by atoms with van der Waals surface area (Å²) >= 11 is 0. The summed E-state index contributed by atoms with van der Waals surface area (Å²) in [5, 5.41) is 8.23. The van der Waals surface area contributed by atoms with E-state index in [0.29, 0.717) is 6.42 Å². The first-order valence-electron chi connectivity index (χ1n) is 3.20. The van der Waals surface area contributed by atoms with Crippen LogP contribution in [0, 0.1) is 0 Å². The van der Waals surface area contributed by atoms with E-state index in [0.717, 1.165) is 0 Å². The Morgan fingerprint density at radius 1 is 1.80 bits per heavy atom. The molecule has 2 atom stereocenters. The molecule has 10 heavy (non-hydrogen) atoms. The van der Waals surface area contributed by atoms with Gasteiger partial charge in [0.15, 0.2) is 0 Å². The Kier molecular flexibility index (Phi) is 3.95. The molecule has 0 unspecified atom stereocenters. The van der Waals surface area contributed by atoms with Crippen LogP contribution in [0.2, 0.25) is 0 Å². The van der Waals surface area contributed by atoms with Gasteiger partial charge in [-0.05, 0) is 6.42 Å². The topological polar surface area (TPSA) is 63.3 Å². The average molecular weight is 149 g/mol. The van der Waals surface area contributed by atoms with Crippen molar-refractivity contribution in [3.63, 3.8) is 0 Å². The molecule has 0 spiro atoms. The van der Waals surface area contributed by atoms with Crippen LogP contribution in [0.1, 0.15) is 19.8 Å². The van der Waals surface area contributed by atoms with Crippen molar-refractivity contribution in [3.8, 4) is 0 Å². The van der Waals surface area contributed by atoms with Crippen LogP contribution in [0.4, 0.5) is 4.39 Å². The molecule has 0 aromatic heterocycles. The Bertz CT molecular complexity index is 118. The second-order valence-corrected chi connectivity index (χ2v) is 2.19. The second kappa shape index (κ2) is 4.22. The smallest absolute Gasteiger partial charge is 0.320 e. The SMILES string of the molecule is CC[C@@H](F)C[C@H](N)C(=O)O. The van der Waals surface area contributed by atoms with Crippen molar-refractivity contribution in [3.05, 3.63) is 0 Å². The summed E-state index contributed by atoms with van der Waals surface area (Å²) in [5.74, 6) is -1.14. The zero-order valence-corrected chi connectivity index (χ0v) is 5.88. The van der Waals surface area contributed by atoms with E-state index in [1.165, 1.54) is 0 Å². The summed E-state index contributed by atoms with van der Waals surface area (Å²) in [6.45, 7) is 1.65. The fourth-order valence-corrected chi connectivity index (χ4v) is 0.543. The summed E-state index contributed by atoms with van der Waals surface area (Å²) in [4.78, 5) is 10.1. The van der Waals surface area contributed by atoms with Crippen molar-refractivity contribution in [2.75, 3.05) is 0 Å². The van der Waals surface area contributed by atoms with Crippen molar-refractivity contribution in [2.45, 2.75) is 32.0 Å². The molecule has 0 aliphatic heterocycles. The number of alkyl halides is 1. The van der Waals surface area contributed by atoms with Crippen molar-refractivity contribution in [1.29, 1.82) is 0 Å². The molecule has 4 heteroatoms. The Morgan fingerprint density at radius 3 is 2.60 bits per heavy atom. The Hall–Kier alpha value is -0.640. The molecule has 0 aromatic rings. The lowest BCUT2D eigenvalue weighted by molar-refractivity contribution is -0.139. The van der Waals surface area contributed by atoms with Gasteiger partial charge in [0.2, 0.25) is 0 Å². The molecule has 0 aliphatic carbocycles. The van der Waals surface area contributed by atoms with E-state index < -0.39 is 18.2 Å². The van der Waals surface area contributed by atoms with E-state index in [2.05, 4.69) is 0 Å². The second-order valence-electron chi connectivity index (χ2n) is 2.19. The van der Waals surface area contributed by atoms with Gasteiger partial charge in [-0.2, -0.15) is 0 Å². The molecule has 0 radical (unpaired) electrons. The molecule has 0 aromatic carbocycles. The zero-order chi connectivity index (χ0) is 8.15. The molecule has 0 bridgehead atoms. The first-order chi connectivity index (χ1) is 4.57. The van der Waals surface area contributed by atoms with Crippen LogP contribution in [0.15, 0.2) is 0 Å². The van der Waals surface area contributed by atoms with Gasteiger partial charge in [-0.15, -0.1) is 0 Å². The van der Waals surface area contributed by atoms with E-state index in [1.807, 2.05) is 0 Å². The number of hydrogen-bond donors (Lipinski definition) is 2. The summed E-state index contributed by atoms with van der Waals surface area (Å²) < 4.78 is 12.4. The van der Waals surface area contributed by atoms with Gasteiger partial charge in [-0.3, -0.25) is 4.79 Å². The highest BCUT2D eigenvalue weighted by atomic mass is 19.1. The fraction of sp³-hybridized carbons (Fsp3) is 0.833. The Balaban J connectivity index is 3.56. The predicted molar refractivity (Wildman–Crippen MR) is 35.4 cm³/mol. The van der Waals surface area contributed by atoms with Crippen LogP contribution in [-0.2, 0) is 4.79 Å². The standard InChI is InChI=1S/C6H12FNO2/c1-2-4(7)3-5(8)6(9)10/h4-5H,2-3,8H2,1H3,(H,9,10)/t4-,5+/m1/s1. The lowest BCUT2D eigenvalue weighted by atomic mass is 10.1. The number of aliphatic carboxylic acids is 1. The highest BCUT2D eigenvalue weighted by Gasteiger charge is 2.16. The molecule has 0 saturated heterocycles. The zero-order valence-electron chi connectivity index (χ0n) is 5.88. The maximum atomic E-state index is 12.4. The quantitative estimate of drug-likeness (QED) is 0.613. The molecule has 60 valence electrons. The molecule has 0 heterocycles. The van der Waals surface area contributed by atoms with Gasteiger partial charge >= 0.3 is 5.97 Å². The van der Waals surface area contributed by atoms with Gasteiger partial charge in [0.1, 0.15) is 12.2 Å². The van der Waals surface area contributed by atoms with E-state index in [4.69, 9.17) is 10.8 Å². The third kappa shape index (κ3) is 3.40. The average Bonchev–Trinajstić information content (AvgIpc) is 1.87. The van der Waals surface area contributed by atoms with Crippen LogP contribution >= 0.6 is 0 Å². The normalized spacial score (nSPS) is 16.3. The Morgan fingerprint density at radius 2 is 2.30 bits per heavy atom. The minimum absolute atomic E-state index is 0.0914. The third-order valence-electron chi connectivity index (χ3n) is 1.27. The monoisotopic (exact) mass is 149 g/mol. The molecule has 0 saturated carbocycles. The molecule has 3 N–H and O–H groups in total. The highest BCUT2D eigenvalue weighted by molar-refractivity contribution is 5.73. The number of carboxylic acids is 1. The van der Waals surface area contributed by atoms with Crippen LogP contribution < -0.4 is 5.73 Å². The first-order valence-corrected chi connectivity index (χ1v) is 3.20. The van der Waals surface area contributed by atoms with Gasteiger partial charge in [0.25, 0.3) is 0 Å². The minimum Gasteiger partial charge on any atom is -0.480 e. The van der Waals surface area contributed by atoms with Gasteiger partial charge in [0.05, 0.1) is 0 Å². The molecular weight excluding hydrogens is 137 g/mol. The summed E-state index contributed by atoms with van der Waals surface area (Å²) in [6, 6.07) is -1.06. The number of halogens is 1. The number of rotatable bonds is 4. The third-order valence-corrected chi connectivity index (χ3v) is 1.27. The molecule has 0 fully saturated rings.